The van der Waals surface area contributed by atoms with Crippen molar-refractivity contribution in [3.05, 3.63) is 82.2 Å². The summed E-state index contributed by atoms with van der Waals surface area (Å²) in [5.41, 5.74) is 1.27. The minimum absolute atomic E-state index is 0.0507. The van der Waals surface area contributed by atoms with E-state index in [4.69, 9.17) is 11.6 Å². The number of nitrogens with zero attached hydrogens (tertiary/aromatic N) is 1. The molecule has 0 aliphatic rings. The predicted molar refractivity (Wildman–Crippen MR) is 107 cm³/mol. The summed E-state index contributed by atoms with van der Waals surface area (Å²) in [5, 5.41) is 1.88. The van der Waals surface area contributed by atoms with Gasteiger partial charge in [0, 0.05) is 5.02 Å². The Morgan fingerprint density at radius 1 is 0.889 bits per heavy atom. The van der Waals surface area contributed by atoms with Gasteiger partial charge in [0.15, 0.2) is 0 Å². The minimum Gasteiger partial charge on any atom is -0.206 e. The van der Waals surface area contributed by atoms with E-state index < -0.39 is 26.6 Å². The first kappa shape index (κ1) is 20.0. The molecule has 142 valence electrons. The lowest BCUT2D eigenvalue weighted by Gasteiger charge is -2.22. The van der Waals surface area contributed by atoms with E-state index in [0.29, 0.717) is 14.3 Å². The molecule has 2 aromatic carbocycles. The third-order valence-electron chi connectivity index (χ3n) is 3.86. The highest BCUT2D eigenvalue weighted by Crippen LogP contribution is 2.30. The van der Waals surface area contributed by atoms with Crippen LogP contribution in [-0.2, 0) is 26.6 Å². The number of rotatable bonds is 6. The molecule has 0 atom stereocenters. The lowest BCUT2D eigenvalue weighted by atomic mass is 10.2. The molecule has 0 N–H and O–H groups in total. The molecule has 0 spiro atoms. The second-order valence-corrected chi connectivity index (χ2v) is 11.3. The second kappa shape index (κ2) is 7.73. The Balaban J connectivity index is 2.15. The number of hydrogen-bond donors (Lipinski definition) is 0. The lowest BCUT2D eigenvalue weighted by molar-refractivity contribution is 0.496. The molecule has 0 radical (unpaired) electrons. The maximum atomic E-state index is 13.2. The summed E-state index contributed by atoms with van der Waals surface area (Å²) in [6, 6.07) is 15.5. The summed E-state index contributed by atoms with van der Waals surface area (Å²) in [7, 11) is -8.61. The van der Waals surface area contributed by atoms with Crippen LogP contribution in [0.25, 0.3) is 0 Å². The molecule has 27 heavy (non-hydrogen) atoms. The first-order chi connectivity index (χ1) is 12.7. The van der Waals surface area contributed by atoms with Crippen molar-refractivity contribution in [2.75, 3.05) is 0 Å². The van der Waals surface area contributed by atoms with Crippen LogP contribution in [0.4, 0.5) is 0 Å². The van der Waals surface area contributed by atoms with Crippen LogP contribution in [0.15, 0.2) is 75.1 Å². The van der Waals surface area contributed by atoms with Crippen LogP contribution < -0.4 is 0 Å². The van der Waals surface area contributed by atoms with E-state index in [1.54, 1.807) is 47.8 Å². The van der Waals surface area contributed by atoms with Gasteiger partial charge in [-0.2, -0.15) is 0 Å². The second-order valence-electron chi connectivity index (χ2n) is 5.78. The predicted octanol–water partition coefficient (Wildman–Crippen LogP) is 4.29. The summed E-state index contributed by atoms with van der Waals surface area (Å²) in [6.07, 6.45) is 0. The first-order valence-corrected chi connectivity index (χ1v) is 12.0. The van der Waals surface area contributed by atoms with Gasteiger partial charge in [0.1, 0.15) is 4.21 Å². The highest BCUT2D eigenvalue weighted by molar-refractivity contribution is 8.04. The normalized spacial score (nSPS) is 12.4. The molecule has 3 aromatic rings. The molecule has 0 amide bonds. The molecule has 9 heteroatoms. The van der Waals surface area contributed by atoms with E-state index in [2.05, 4.69) is 0 Å². The molecular formula is C18H16ClNO4S3. The minimum atomic E-state index is -4.32. The number of sulfonamides is 2. The third kappa shape index (κ3) is 4.09. The van der Waals surface area contributed by atoms with Gasteiger partial charge in [0.05, 0.1) is 11.4 Å². The molecule has 0 unspecified atom stereocenters. The fraction of sp³-hybridized carbons (Fsp3) is 0.111. The molecule has 0 aliphatic heterocycles. The van der Waals surface area contributed by atoms with Crippen LogP contribution in [0.1, 0.15) is 11.1 Å². The van der Waals surface area contributed by atoms with Gasteiger partial charge in [0.2, 0.25) is 0 Å². The summed E-state index contributed by atoms with van der Waals surface area (Å²) < 4.78 is 53.1. The molecule has 5 nitrogen and oxygen atoms in total. The third-order valence-corrected chi connectivity index (χ3v) is 9.83. The average molecular weight is 442 g/mol. The maximum absolute atomic E-state index is 13.2. The van der Waals surface area contributed by atoms with Crippen LogP contribution >= 0.6 is 22.9 Å². The summed E-state index contributed by atoms with van der Waals surface area (Å²) >= 11 is 7.11. The Morgan fingerprint density at radius 2 is 1.56 bits per heavy atom. The van der Waals surface area contributed by atoms with Gasteiger partial charge < -0.3 is 0 Å². The standard InChI is InChI=1S/C18H16ClNO4S3/c1-14-8-10-16(11-9-14)26(21,22)20(13-15-5-2-3-6-17(15)19)27(23,24)18-7-4-12-25-18/h2-12H,13H2,1H3. The van der Waals surface area contributed by atoms with Crippen molar-refractivity contribution in [3.63, 3.8) is 0 Å². The SMILES string of the molecule is Cc1ccc(S(=O)(=O)N(Cc2ccccc2Cl)S(=O)(=O)c2cccs2)cc1. The Morgan fingerprint density at radius 3 is 2.15 bits per heavy atom. The van der Waals surface area contributed by atoms with E-state index in [0.717, 1.165) is 16.9 Å². The number of thiophene rings is 1. The molecule has 3 rings (SSSR count). The Kier molecular flexibility index (Phi) is 5.73. The molecule has 0 saturated heterocycles. The maximum Gasteiger partial charge on any atom is 0.266 e. The average Bonchev–Trinajstić information content (AvgIpc) is 3.16. The fourth-order valence-corrected chi connectivity index (χ4v) is 7.43. The number of hydrogen-bond acceptors (Lipinski definition) is 5. The largest absolute Gasteiger partial charge is 0.266 e. The molecule has 1 heterocycles. The van der Waals surface area contributed by atoms with Gasteiger partial charge in [-0.15, -0.1) is 11.3 Å². The van der Waals surface area contributed by atoms with Crippen molar-refractivity contribution >= 4 is 43.0 Å². The van der Waals surface area contributed by atoms with Gasteiger partial charge in [-0.25, -0.2) is 16.8 Å². The quantitative estimate of drug-likeness (QED) is 0.572. The molecule has 0 saturated carbocycles. The Labute approximate surface area is 168 Å². The molecule has 0 fully saturated rings. The lowest BCUT2D eigenvalue weighted by Crippen LogP contribution is -2.36. The number of aryl methyl sites for hydroxylation is 1. The zero-order valence-electron chi connectivity index (χ0n) is 14.2. The molecule has 1 aromatic heterocycles. The van der Waals surface area contributed by atoms with Crippen molar-refractivity contribution in [2.24, 2.45) is 0 Å². The van der Waals surface area contributed by atoms with E-state index in [1.807, 2.05) is 6.92 Å². The zero-order valence-corrected chi connectivity index (χ0v) is 17.4. The van der Waals surface area contributed by atoms with Crippen molar-refractivity contribution in [3.8, 4) is 0 Å². The van der Waals surface area contributed by atoms with Crippen LogP contribution in [0.2, 0.25) is 5.02 Å². The molecular weight excluding hydrogens is 426 g/mol. The van der Waals surface area contributed by atoms with Crippen molar-refractivity contribution in [1.82, 2.24) is 3.71 Å². The summed E-state index contributed by atoms with van der Waals surface area (Å²) in [6.45, 7) is 1.43. The topological polar surface area (TPSA) is 71.5 Å². The van der Waals surface area contributed by atoms with Gasteiger partial charge in [-0.1, -0.05) is 57.3 Å². The highest BCUT2D eigenvalue weighted by atomic mass is 35.5. The van der Waals surface area contributed by atoms with Gasteiger partial charge >= 0.3 is 0 Å². The Hall–Kier alpha value is -1.71. The zero-order chi connectivity index (χ0) is 19.7. The monoisotopic (exact) mass is 441 g/mol. The molecule has 0 bridgehead atoms. The van der Waals surface area contributed by atoms with Crippen molar-refractivity contribution < 1.29 is 16.8 Å². The van der Waals surface area contributed by atoms with Crippen LogP contribution in [0.5, 0.6) is 0 Å². The smallest absolute Gasteiger partial charge is 0.206 e. The van der Waals surface area contributed by atoms with E-state index >= 15 is 0 Å². The fourth-order valence-electron chi connectivity index (χ4n) is 2.40. The number of benzene rings is 2. The van der Waals surface area contributed by atoms with Crippen LogP contribution in [-0.4, -0.2) is 20.5 Å². The highest BCUT2D eigenvalue weighted by Gasteiger charge is 2.37. The van der Waals surface area contributed by atoms with Gasteiger partial charge in [-0.05, 0) is 42.1 Å². The van der Waals surface area contributed by atoms with E-state index in [-0.39, 0.29) is 9.10 Å². The van der Waals surface area contributed by atoms with Crippen molar-refractivity contribution in [2.45, 2.75) is 22.6 Å². The van der Waals surface area contributed by atoms with E-state index in [9.17, 15) is 16.8 Å². The first-order valence-electron chi connectivity index (χ1n) is 7.84. The molecule has 0 aliphatic carbocycles. The summed E-state index contributed by atoms with van der Waals surface area (Å²) in [4.78, 5) is -0.0970. The van der Waals surface area contributed by atoms with Gasteiger partial charge in [-0.3, -0.25) is 0 Å². The van der Waals surface area contributed by atoms with Crippen LogP contribution in [0.3, 0.4) is 0 Å². The van der Waals surface area contributed by atoms with Gasteiger partial charge in [0.25, 0.3) is 20.0 Å². The number of halogens is 1. The Bertz CT molecular complexity index is 1140. The van der Waals surface area contributed by atoms with Crippen LogP contribution in [0, 0.1) is 6.92 Å². The van der Waals surface area contributed by atoms with Crippen molar-refractivity contribution in [1.29, 1.82) is 0 Å². The van der Waals surface area contributed by atoms with E-state index in [1.165, 1.54) is 18.2 Å². The summed E-state index contributed by atoms with van der Waals surface area (Å²) in [5.74, 6) is 0.